The molecule has 0 aliphatic carbocycles. The van der Waals surface area contributed by atoms with E-state index in [4.69, 9.17) is 0 Å². The maximum absolute atomic E-state index is 10.5. The summed E-state index contributed by atoms with van der Waals surface area (Å²) in [5, 5.41) is 0. The molecule has 0 aromatic heterocycles. The molecule has 2 heteroatoms. The third-order valence-electron chi connectivity index (χ3n) is 0.983. The van der Waals surface area contributed by atoms with Gasteiger partial charge in [-0.3, -0.25) is 4.21 Å². The minimum absolute atomic E-state index is 0.586. The molecule has 0 fully saturated rings. The Hall–Kier alpha value is 0.150. The van der Waals surface area contributed by atoms with Crippen LogP contribution in [0.25, 0.3) is 0 Å². The fraction of sp³-hybridized carbons (Fsp3) is 1.00. The van der Waals surface area contributed by atoms with Crippen molar-refractivity contribution in [1.82, 2.24) is 0 Å². The third-order valence-corrected chi connectivity index (χ3v) is 1.79. The second-order valence-corrected chi connectivity index (χ2v) is 4.01. The van der Waals surface area contributed by atoms with Crippen molar-refractivity contribution in [1.29, 1.82) is 0 Å². The van der Waals surface area contributed by atoms with Crippen molar-refractivity contribution in [3.05, 3.63) is 0 Å². The van der Waals surface area contributed by atoms with Gasteiger partial charge in [-0.1, -0.05) is 27.7 Å². The van der Waals surface area contributed by atoms with E-state index in [1.807, 2.05) is 13.8 Å². The second-order valence-electron chi connectivity index (χ2n) is 2.46. The van der Waals surface area contributed by atoms with Gasteiger partial charge in [-0.25, -0.2) is 0 Å². The molecule has 0 aliphatic rings. The highest BCUT2D eigenvalue weighted by molar-refractivity contribution is 7.84. The Kier molecular flexibility index (Phi) is 11.7. The molecule has 1 unspecified atom stereocenters. The maximum Gasteiger partial charge on any atom is 0.0234 e. The molecule has 0 aromatic carbocycles. The molecule has 0 rings (SSSR count). The van der Waals surface area contributed by atoms with E-state index in [-0.39, 0.29) is 0 Å². The van der Waals surface area contributed by atoms with Gasteiger partial charge in [-0.15, -0.1) is 0 Å². The molecule has 0 saturated carbocycles. The molecule has 0 aromatic rings. The van der Waals surface area contributed by atoms with Gasteiger partial charge in [-0.05, 0) is 12.3 Å². The van der Waals surface area contributed by atoms with Gasteiger partial charge in [0.2, 0.25) is 0 Å². The van der Waals surface area contributed by atoms with Crippen LogP contribution in [0.3, 0.4) is 0 Å². The average Bonchev–Trinajstić information content (AvgIpc) is 1.89. The molecular weight excluding hydrogens is 144 g/mol. The van der Waals surface area contributed by atoms with Gasteiger partial charge in [0, 0.05) is 22.8 Å². The minimum Gasteiger partial charge on any atom is -0.260 e. The fourth-order valence-corrected chi connectivity index (χ4v) is 1.20. The summed E-state index contributed by atoms with van der Waals surface area (Å²) < 4.78 is 10.5. The molecule has 0 heterocycles. The van der Waals surface area contributed by atoms with E-state index in [9.17, 15) is 4.21 Å². The van der Waals surface area contributed by atoms with Gasteiger partial charge in [0.1, 0.15) is 0 Å². The standard InChI is InChI=1S/C6H14OS.C2H6/c1-6(2)4-5-8(3)7;1-2/h6H,4-5H2,1-3H3;1-2H3. The predicted molar refractivity (Wildman–Crippen MR) is 49.7 cm³/mol. The third kappa shape index (κ3) is 15.7. The Morgan fingerprint density at radius 2 is 1.70 bits per heavy atom. The molecule has 0 spiro atoms. The van der Waals surface area contributed by atoms with Crippen LogP contribution < -0.4 is 0 Å². The first-order chi connectivity index (χ1) is 4.63. The summed E-state index contributed by atoms with van der Waals surface area (Å²) >= 11 is 0. The van der Waals surface area contributed by atoms with Crippen molar-refractivity contribution in [3.63, 3.8) is 0 Å². The number of rotatable bonds is 3. The van der Waals surface area contributed by atoms with E-state index in [2.05, 4.69) is 13.8 Å². The first kappa shape index (κ1) is 12.8. The van der Waals surface area contributed by atoms with Gasteiger partial charge in [0.15, 0.2) is 0 Å². The van der Waals surface area contributed by atoms with Gasteiger partial charge >= 0.3 is 0 Å². The first-order valence-electron chi connectivity index (χ1n) is 3.93. The van der Waals surface area contributed by atoms with Crippen molar-refractivity contribution in [2.45, 2.75) is 34.1 Å². The summed E-state index contributed by atoms with van der Waals surface area (Å²) in [7, 11) is -0.586. The minimum atomic E-state index is -0.586. The molecule has 1 atom stereocenters. The van der Waals surface area contributed by atoms with Crippen molar-refractivity contribution < 1.29 is 4.21 Å². The normalized spacial score (nSPS) is 12.2. The largest absolute Gasteiger partial charge is 0.260 e. The lowest BCUT2D eigenvalue weighted by Crippen LogP contribution is -1.98. The van der Waals surface area contributed by atoms with Gasteiger partial charge in [0.25, 0.3) is 0 Å². The summed E-state index contributed by atoms with van der Waals surface area (Å²) in [6.45, 7) is 8.29. The highest BCUT2D eigenvalue weighted by Gasteiger charge is 1.94. The quantitative estimate of drug-likeness (QED) is 0.626. The van der Waals surface area contributed by atoms with Crippen molar-refractivity contribution >= 4 is 10.8 Å². The van der Waals surface area contributed by atoms with Crippen LogP contribution in [0.5, 0.6) is 0 Å². The van der Waals surface area contributed by atoms with Gasteiger partial charge < -0.3 is 0 Å². The highest BCUT2D eigenvalue weighted by atomic mass is 32.2. The van der Waals surface area contributed by atoms with Crippen LogP contribution in [0.1, 0.15) is 34.1 Å². The Bertz CT molecular complexity index is 79.3. The molecule has 0 aliphatic heterocycles. The van der Waals surface area contributed by atoms with Crippen LogP contribution >= 0.6 is 0 Å². The van der Waals surface area contributed by atoms with Crippen LogP contribution in [-0.4, -0.2) is 16.2 Å². The molecule has 64 valence electrons. The van der Waals surface area contributed by atoms with E-state index in [1.165, 1.54) is 0 Å². The van der Waals surface area contributed by atoms with E-state index in [0.29, 0.717) is 5.92 Å². The summed E-state index contributed by atoms with van der Waals surface area (Å²) in [5.74, 6) is 1.55. The molecule has 0 bridgehead atoms. The summed E-state index contributed by atoms with van der Waals surface area (Å²) in [4.78, 5) is 0. The second kappa shape index (κ2) is 9.15. The van der Waals surface area contributed by atoms with Gasteiger partial charge in [-0.2, -0.15) is 0 Å². The van der Waals surface area contributed by atoms with Crippen LogP contribution in [-0.2, 0) is 10.8 Å². The predicted octanol–water partition coefficient (Wildman–Crippen LogP) is 2.44. The van der Waals surface area contributed by atoms with Crippen LogP contribution in [0, 0.1) is 5.92 Å². The van der Waals surface area contributed by atoms with E-state index in [0.717, 1.165) is 12.2 Å². The zero-order valence-corrected chi connectivity index (χ0v) is 8.62. The topological polar surface area (TPSA) is 17.1 Å². The molecule has 0 N–H and O–H groups in total. The zero-order chi connectivity index (χ0) is 8.57. The monoisotopic (exact) mass is 164 g/mol. The Balaban J connectivity index is 0. The molecule has 10 heavy (non-hydrogen) atoms. The molecule has 1 nitrogen and oxygen atoms in total. The van der Waals surface area contributed by atoms with Crippen molar-refractivity contribution in [2.24, 2.45) is 5.92 Å². The summed E-state index contributed by atoms with van der Waals surface area (Å²) in [5.41, 5.74) is 0. The molecule has 0 saturated heterocycles. The smallest absolute Gasteiger partial charge is 0.0234 e. The van der Waals surface area contributed by atoms with Gasteiger partial charge in [0.05, 0.1) is 0 Å². The SMILES string of the molecule is CC.CC(C)CCS(C)=O. The first-order valence-corrected chi connectivity index (χ1v) is 5.65. The molecular formula is C8H20OS. The highest BCUT2D eigenvalue weighted by Crippen LogP contribution is 1.98. The van der Waals surface area contributed by atoms with Crippen molar-refractivity contribution in [3.8, 4) is 0 Å². The van der Waals surface area contributed by atoms with Crippen LogP contribution in [0.15, 0.2) is 0 Å². The van der Waals surface area contributed by atoms with Crippen molar-refractivity contribution in [2.75, 3.05) is 12.0 Å². The summed E-state index contributed by atoms with van der Waals surface area (Å²) in [6, 6.07) is 0. The Morgan fingerprint density at radius 3 is 1.80 bits per heavy atom. The lowest BCUT2D eigenvalue weighted by atomic mass is 10.2. The average molecular weight is 164 g/mol. The summed E-state index contributed by atoms with van der Waals surface area (Å²) in [6.07, 6.45) is 2.84. The zero-order valence-electron chi connectivity index (χ0n) is 7.81. The molecule has 0 amide bonds. The Labute approximate surface area is 67.7 Å². The lowest BCUT2D eigenvalue weighted by molar-refractivity contribution is 0.620. The number of hydrogen-bond acceptors (Lipinski definition) is 1. The fourth-order valence-electron chi connectivity index (χ4n) is 0.402. The van der Waals surface area contributed by atoms with Crippen LogP contribution in [0.4, 0.5) is 0 Å². The number of hydrogen-bond donors (Lipinski definition) is 0. The lowest BCUT2D eigenvalue weighted by Gasteiger charge is -1.99. The van der Waals surface area contributed by atoms with Crippen LogP contribution in [0.2, 0.25) is 0 Å². The molecule has 0 radical (unpaired) electrons. The maximum atomic E-state index is 10.5. The Morgan fingerprint density at radius 1 is 1.30 bits per heavy atom. The van der Waals surface area contributed by atoms with E-state index >= 15 is 0 Å². The van der Waals surface area contributed by atoms with E-state index in [1.54, 1.807) is 6.26 Å². The van der Waals surface area contributed by atoms with E-state index < -0.39 is 10.8 Å².